The Morgan fingerprint density at radius 2 is 2.35 bits per heavy atom. The molecule has 0 aliphatic carbocycles. The molecule has 1 fully saturated rings. The standard InChI is InChI=1S/C12H19BrN2O2/c1-8(2)15-11(10(13)6-14-15)12(3,16)9-4-5-17-7-9/h6,8-9,16H,4-5,7H2,1-3H3. The normalized spacial score (nSPS) is 24.2. The molecule has 0 bridgehead atoms. The Balaban J connectivity index is 2.40. The fourth-order valence-corrected chi connectivity index (χ4v) is 3.05. The quantitative estimate of drug-likeness (QED) is 0.933. The molecular formula is C12H19BrN2O2. The van der Waals surface area contributed by atoms with Gasteiger partial charge in [-0.2, -0.15) is 5.10 Å². The van der Waals surface area contributed by atoms with Crippen molar-refractivity contribution in [2.24, 2.45) is 5.92 Å². The number of hydrogen-bond donors (Lipinski definition) is 1. The molecule has 2 rings (SSSR count). The van der Waals surface area contributed by atoms with E-state index >= 15 is 0 Å². The summed E-state index contributed by atoms with van der Waals surface area (Å²) in [5, 5.41) is 15.1. The van der Waals surface area contributed by atoms with Crippen LogP contribution in [0.25, 0.3) is 0 Å². The highest BCUT2D eigenvalue weighted by Gasteiger charge is 2.40. The largest absolute Gasteiger partial charge is 0.383 e. The zero-order chi connectivity index (χ0) is 12.6. The van der Waals surface area contributed by atoms with Crippen LogP contribution in [0.15, 0.2) is 10.7 Å². The first-order valence-corrected chi connectivity index (χ1v) is 6.77. The molecule has 0 saturated carbocycles. The molecule has 1 saturated heterocycles. The molecule has 1 aliphatic rings. The van der Waals surface area contributed by atoms with Gasteiger partial charge in [0.25, 0.3) is 0 Å². The van der Waals surface area contributed by atoms with Crippen LogP contribution >= 0.6 is 15.9 Å². The molecule has 0 amide bonds. The summed E-state index contributed by atoms with van der Waals surface area (Å²) in [6.07, 6.45) is 2.64. The minimum atomic E-state index is -0.907. The first-order valence-electron chi connectivity index (χ1n) is 5.98. The van der Waals surface area contributed by atoms with Gasteiger partial charge in [-0.25, -0.2) is 0 Å². The van der Waals surface area contributed by atoms with Crippen LogP contribution in [0.5, 0.6) is 0 Å². The van der Waals surface area contributed by atoms with Gasteiger partial charge in [0.2, 0.25) is 0 Å². The van der Waals surface area contributed by atoms with E-state index in [1.807, 2.05) is 11.6 Å². The summed E-state index contributed by atoms with van der Waals surface area (Å²) in [5.74, 6) is 0.132. The van der Waals surface area contributed by atoms with E-state index in [9.17, 15) is 5.11 Å². The lowest BCUT2D eigenvalue weighted by atomic mass is 9.85. The van der Waals surface area contributed by atoms with E-state index < -0.39 is 5.60 Å². The van der Waals surface area contributed by atoms with Crippen molar-refractivity contribution < 1.29 is 9.84 Å². The van der Waals surface area contributed by atoms with Crippen LogP contribution in [0.4, 0.5) is 0 Å². The number of aromatic nitrogens is 2. The van der Waals surface area contributed by atoms with E-state index in [2.05, 4.69) is 34.9 Å². The molecule has 0 spiro atoms. The number of nitrogens with zero attached hydrogens (tertiary/aromatic N) is 2. The summed E-state index contributed by atoms with van der Waals surface area (Å²) >= 11 is 3.48. The number of aliphatic hydroxyl groups is 1. The minimum absolute atomic E-state index is 0.132. The zero-order valence-electron chi connectivity index (χ0n) is 10.5. The third-order valence-corrected chi connectivity index (χ3v) is 4.02. The van der Waals surface area contributed by atoms with Crippen molar-refractivity contribution in [3.8, 4) is 0 Å². The second-order valence-corrected chi connectivity index (χ2v) is 5.94. The van der Waals surface area contributed by atoms with Crippen molar-refractivity contribution in [3.63, 3.8) is 0 Å². The highest BCUT2D eigenvalue weighted by Crippen LogP contribution is 2.39. The molecule has 0 aromatic carbocycles. The molecule has 4 nitrogen and oxygen atoms in total. The molecule has 2 unspecified atom stereocenters. The van der Waals surface area contributed by atoms with E-state index in [0.717, 1.165) is 23.2 Å². The fourth-order valence-electron chi connectivity index (χ4n) is 2.38. The Bertz CT molecular complexity index is 395. The van der Waals surface area contributed by atoms with Crippen molar-refractivity contribution in [2.45, 2.75) is 38.8 Å². The third kappa shape index (κ3) is 2.28. The zero-order valence-corrected chi connectivity index (χ0v) is 12.1. The maximum Gasteiger partial charge on any atom is 0.110 e. The smallest absolute Gasteiger partial charge is 0.110 e. The molecule has 1 aliphatic heterocycles. The number of ether oxygens (including phenoxy) is 1. The van der Waals surface area contributed by atoms with Crippen molar-refractivity contribution in [1.82, 2.24) is 9.78 Å². The van der Waals surface area contributed by atoms with E-state index in [-0.39, 0.29) is 12.0 Å². The maximum absolute atomic E-state index is 10.8. The first-order chi connectivity index (χ1) is 7.94. The number of halogens is 1. The summed E-state index contributed by atoms with van der Waals surface area (Å²) < 4.78 is 8.12. The van der Waals surface area contributed by atoms with Gasteiger partial charge in [0, 0.05) is 18.6 Å². The molecular weight excluding hydrogens is 284 g/mol. The van der Waals surface area contributed by atoms with Gasteiger partial charge < -0.3 is 9.84 Å². The Kier molecular flexibility index (Phi) is 3.61. The van der Waals surface area contributed by atoms with E-state index in [1.54, 1.807) is 6.20 Å². The Morgan fingerprint density at radius 1 is 1.65 bits per heavy atom. The van der Waals surface area contributed by atoms with Gasteiger partial charge in [-0.1, -0.05) is 0 Å². The lowest BCUT2D eigenvalue weighted by molar-refractivity contribution is -0.0188. The summed E-state index contributed by atoms with van der Waals surface area (Å²) in [7, 11) is 0. The summed E-state index contributed by atoms with van der Waals surface area (Å²) in [6, 6.07) is 0.227. The Hall–Kier alpha value is -0.390. The van der Waals surface area contributed by atoms with Crippen molar-refractivity contribution >= 4 is 15.9 Å². The van der Waals surface area contributed by atoms with Crippen LogP contribution in [0.3, 0.4) is 0 Å². The van der Waals surface area contributed by atoms with Gasteiger partial charge >= 0.3 is 0 Å². The lowest BCUT2D eigenvalue weighted by Gasteiger charge is -2.31. The van der Waals surface area contributed by atoms with Gasteiger partial charge in [-0.3, -0.25) is 4.68 Å². The number of hydrogen-bond acceptors (Lipinski definition) is 3. The highest BCUT2D eigenvalue weighted by atomic mass is 79.9. The Morgan fingerprint density at radius 3 is 2.88 bits per heavy atom. The van der Waals surface area contributed by atoms with Crippen LogP contribution in [-0.4, -0.2) is 28.1 Å². The first kappa shape index (κ1) is 13.1. The molecule has 1 aromatic heterocycles. The Labute approximate surface area is 110 Å². The molecule has 2 heterocycles. The third-order valence-electron chi connectivity index (χ3n) is 3.44. The van der Waals surface area contributed by atoms with Gasteiger partial charge in [0.15, 0.2) is 0 Å². The molecule has 2 atom stereocenters. The van der Waals surface area contributed by atoms with Gasteiger partial charge in [0.1, 0.15) is 5.60 Å². The minimum Gasteiger partial charge on any atom is -0.383 e. The van der Waals surface area contributed by atoms with E-state index in [1.165, 1.54) is 0 Å². The average molecular weight is 303 g/mol. The molecule has 96 valence electrons. The second-order valence-electron chi connectivity index (χ2n) is 5.09. The second kappa shape index (κ2) is 4.71. The molecule has 17 heavy (non-hydrogen) atoms. The van der Waals surface area contributed by atoms with Crippen LogP contribution in [-0.2, 0) is 10.3 Å². The topological polar surface area (TPSA) is 47.3 Å². The van der Waals surface area contributed by atoms with Gasteiger partial charge in [-0.05, 0) is 43.1 Å². The lowest BCUT2D eigenvalue weighted by Crippen LogP contribution is -2.35. The fraction of sp³-hybridized carbons (Fsp3) is 0.750. The van der Waals surface area contributed by atoms with Crippen LogP contribution < -0.4 is 0 Å². The summed E-state index contributed by atoms with van der Waals surface area (Å²) in [4.78, 5) is 0. The SMILES string of the molecule is CC(C)n1ncc(Br)c1C(C)(O)C1CCOC1. The molecule has 1 N–H and O–H groups in total. The highest BCUT2D eigenvalue weighted by molar-refractivity contribution is 9.10. The van der Waals surface area contributed by atoms with Crippen LogP contribution in [0.2, 0.25) is 0 Å². The molecule has 1 aromatic rings. The summed E-state index contributed by atoms with van der Waals surface area (Å²) in [5.41, 5.74) is -0.0566. The monoisotopic (exact) mass is 302 g/mol. The predicted octanol–water partition coefficient (Wildman–Crippen LogP) is 2.47. The van der Waals surface area contributed by atoms with Crippen LogP contribution in [0.1, 0.15) is 38.9 Å². The van der Waals surface area contributed by atoms with Crippen molar-refractivity contribution in [2.75, 3.05) is 13.2 Å². The van der Waals surface area contributed by atoms with Gasteiger partial charge in [-0.15, -0.1) is 0 Å². The summed E-state index contributed by atoms with van der Waals surface area (Å²) in [6.45, 7) is 7.32. The van der Waals surface area contributed by atoms with Crippen LogP contribution in [0, 0.1) is 5.92 Å². The maximum atomic E-state index is 10.8. The van der Waals surface area contributed by atoms with Crippen molar-refractivity contribution in [3.05, 3.63) is 16.4 Å². The van der Waals surface area contributed by atoms with E-state index in [0.29, 0.717) is 6.61 Å². The predicted molar refractivity (Wildman–Crippen MR) is 68.8 cm³/mol. The molecule has 5 heteroatoms. The average Bonchev–Trinajstić information content (AvgIpc) is 2.84. The number of rotatable bonds is 3. The molecule has 0 radical (unpaired) electrons. The van der Waals surface area contributed by atoms with Crippen molar-refractivity contribution in [1.29, 1.82) is 0 Å². The van der Waals surface area contributed by atoms with Gasteiger partial charge in [0.05, 0.1) is 23.0 Å². The van der Waals surface area contributed by atoms with E-state index in [4.69, 9.17) is 4.74 Å².